The van der Waals surface area contributed by atoms with E-state index in [0.29, 0.717) is 42.4 Å². The van der Waals surface area contributed by atoms with Crippen molar-refractivity contribution in [1.82, 2.24) is 19.9 Å². The fourth-order valence-electron chi connectivity index (χ4n) is 5.82. The van der Waals surface area contributed by atoms with Crippen LogP contribution >= 0.6 is 11.6 Å². The van der Waals surface area contributed by atoms with Gasteiger partial charge in [0.2, 0.25) is 0 Å². The van der Waals surface area contributed by atoms with E-state index < -0.39 is 12.0 Å². The van der Waals surface area contributed by atoms with Gasteiger partial charge in [0.1, 0.15) is 23.3 Å². The quantitative estimate of drug-likeness (QED) is 0.603. The number of rotatable bonds is 2. The Hall–Kier alpha value is -2.13. The molecule has 10 heteroatoms. The van der Waals surface area contributed by atoms with Gasteiger partial charge in [0.15, 0.2) is 11.0 Å². The van der Waals surface area contributed by atoms with Gasteiger partial charge in [0.05, 0.1) is 12.5 Å². The molecule has 2 atom stereocenters. The normalized spacial score (nSPS) is 26.2. The van der Waals surface area contributed by atoms with Crippen LogP contribution in [-0.2, 0) is 4.79 Å². The van der Waals surface area contributed by atoms with Crippen molar-refractivity contribution in [3.8, 4) is 6.01 Å². The summed E-state index contributed by atoms with van der Waals surface area (Å²) in [5.74, 6) is 0.210. The van der Waals surface area contributed by atoms with Gasteiger partial charge in [-0.05, 0) is 38.6 Å². The zero-order valence-corrected chi connectivity index (χ0v) is 19.5. The van der Waals surface area contributed by atoms with Crippen molar-refractivity contribution < 1.29 is 18.3 Å². The molecule has 1 saturated carbocycles. The Morgan fingerprint density at radius 1 is 1.24 bits per heavy atom. The molecule has 178 valence electrons. The van der Waals surface area contributed by atoms with Crippen molar-refractivity contribution in [3.05, 3.63) is 17.2 Å². The molecule has 1 aliphatic carbocycles. The number of aromatic nitrogens is 3. The Morgan fingerprint density at radius 2 is 2.06 bits per heavy atom. The van der Waals surface area contributed by atoms with E-state index in [0.717, 1.165) is 38.9 Å². The van der Waals surface area contributed by atoms with E-state index in [1.54, 1.807) is 0 Å². The molecule has 0 aromatic carbocycles. The van der Waals surface area contributed by atoms with Crippen molar-refractivity contribution in [1.29, 1.82) is 0 Å². The lowest BCUT2D eigenvalue weighted by Gasteiger charge is -2.48. The molecule has 4 fully saturated rings. The molecule has 0 radical (unpaired) electrons. The second-order valence-electron chi connectivity index (χ2n) is 9.70. The minimum Gasteiger partial charge on any atom is -0.467 e. The van der Waals surface area contributed by atoms with Gasteiger partial charge in [0, 0.05) is 50.1 Å². The molecule has 7 nitrogen and oxygen atoms in total. The van der Waals surface area contributed by atoms with Crippen molar-refractivity contribution in [2.45, 2.75) is 57.2 Å². The fourth-order valence-corrected chi connectivity index (χ4v) is 5.96. The molecule has 3 aliphatic heterocycles. The number of ketones is 1. The number of anilines is 1. The first-order valence-electron chi connectivity index (χ1n) is 11.6. The Bertz CT molecular complexity index is 1050. The summed E-state index contributed by atoms with van der Waals surface area (Å²) in [6, 6.07) is 0.697. The number of fused-ring (bicyclic) bond motifs is 2. The van der Waals surface area contributed by atoms with E-state index in [1.807, 2.05) is 0 Å². The molecule has 6 rings (SSSR count). The highest BCUT2D eigenvalue weighted by Gasteiger charge is 2.46. The third-order valence-electron chi connectivity index (χ3n) is 7.35. The van der Waals surface area contributed by atoms with Gasteiger partial charge in [-0.1, -0.05) is 11.6 Å². The largest absolute Gasteiger partial charge is 0.467 e. The van der Waals surface area contributed by atoms with Crippen molar-refractivity contribution in [2.24, 2.45) is 5.41 Å². The van der Waals surface area contributed by atoms with Gasteiger partial charge in [0.25, 0.3) is 0 Å². The number of piperidine rings is 1. The number of Topliss-reactive ketones (excluding diaryl/α,β-unsaturated/α-hetero) is 1. The fraction of sp³-hybridized carbons (Fsp3) is 0.652. The topological polar surface area (TPSA) is 71.5 Å². The van der Waals surface area contributed by atoms with E-state index in [9.17, 15) is 13.6 Å². The van der Waals surface area contributed by atoms with Gasteiger partial charge >= 0.3 is 6.01 Å². The average molecular weight is 480 g/mol. The number of ether oxygens (including phenoxy) is 1. The molecule has 0 bridgehead atoms. The van der Waals surface area contributed by atoms with Crippen LogP contribution in [0.5, 0.6) is 6.01 Å². The zero-order chi connectivity index (χ0) is 23.2. The van der Waals surface area contributed by atoms with Crippen molar-refractivity contribution >= 4 is 34.1 Å². The van der Waals surface area contributed by atoms with Gasteiger partial charge in [-0.3, -0.25) is 9.69 Å². The first kappa shape index (κ1) is 22.7. The lowest BCUT2D eigenvalue weighted by Crippen LogP contribution is -2.51. The van der Waals surface area contributed by atoms with E-state index >= 15 is 0 Å². The Labute approximate surface area is 196 Å². The molecule has 2 unspecified atom stereocenters. The van der Waals surface area contributed by atoms with Crippen LogP contribution in [0.25, 0.3) is 10.9 Å². The monoisotopic (exact) mass is 479 g/mol. The van der Waals surface area contributed by atoms with Crippen LogP contribution in [-0.4, -0.2) is 71.1 Å². The van der Waals surface area contributed by atoms with Crippen LogP contribution in [0.1, 0.15) is 44.9 Å². The molecule has 33 heavy (non-hydrogen) atoms. The molecule has 5 heterocycles. The summed E-state index contributed by atoms with van der Waals surface area (Å²) in [7, 11) is 1.44. The number of carbonyl (C=O) groups is 1. The molecule has 2 aromatic rings. The highest BCUT2D eigenvalue weighted by molar-refractivity contribution is 6.30. The Kier molecular flexibility index (Phi) is 6.11. The van der Waals surface area contributed by atoms with Crippen LogP contribution in [0, 0.1) is 11.2 Å². The van der Waals surface area contributed by atoms with E-state index in [-0.39, 0.29) is 22.1 Å². The average Bonchev–Trinajstić information content (AvgIpc) is 3.36. The first-order valence-corrected chi connectivity index (χ1v) is 12.0. The third kappa shape index (κ3) is 4.37. The number of hydrogen-bond donors (Lipinski definition) is 0. The SMILES string of the molecule is COc1nc(N2CCCC3(CC(=O)C3)C2)c2cnc(Cl)c(F)c2n1.FC1CC2CCCN2C1. The molecule has 3 saturated heterocycles. The maximum Gasteiger partial charge on any atom is 0.318 e. The standard InChI is InChI=1S/C16H16ClFN4O2.C7H12FN/c1-24-15-20-12-10(7-19-13(17)11(12)18)14(21-15)22-4-2-3-16(8-22)5-9(23)6-16;8-6-4-7-2-1-3-9(7)5-6/h7H,2-6,8H2,1H3;6-7H,1-5H2. The van der Waals surface area contributed by atoms with Crippen LogP contribution in [0.4, 0.5) is 14.6 Å². The second-order valence-corrected chi connectivity index (χ2v) is 10.1. The highest BCUT2D eigenvalue weighted by atomic mass is 35.5. The third-order valence-corrected chi connectivity index (χ3v) is 7.61. The molecular weight excluding hydrogens is 452 g/mol. The minimum atomic E-state index is -0.679. The number of halogens is 3. The number of alkyl halides is 1. The van der Waals surface area contributed by atoms with Crippen LogP contribution in [0.15, 0.2) is 6.20 Å². The summed E-state index contributed by atoms with van der Waals surface area (Å²) >= 11 is 5.78. The van der Waals surface area contributed by atoms with Gasteiger partial charge in [-0.25, -0.2) is 13.8 Å². The first-order chi connectivity index (χ1) is 15.9. The number of pyridine rings is 1. The highest BCUT2D eigenvalue weighted by Crippen LogP contribution is 2.46. The predicted molar refractivity (Wildman–Crippen MR) is 121 cm³/mol. The molecule has 1 spiro atoms. The summed E-state index contributed by atoms with van der Waals surface area (Å²) in [5.41, 5.74) is 0.124. The summed E-state index contributed by atoms with van der Waals surface area (Å²) < 4.78 is 32.1. The molecule has 4 aliphatic rings. The molecule has 2 aromatic heterocycles. The van der Waals surface area contributed by atoms with Crippen LogP contribution in [0.3, 0.4) is 0 Å². The van der Waals surface area contributed by atoms with E-state index in [2.05, 4.69) is 24.8 Å². The zero-order valence-electron chi connectivity index (χ0n) is 18.7. The van der Waals surface area contributed by atoms with Gasteiger partial charge in [-0.15, -0.1) is 0 Å². The molecular formula is C23H28ClF2N5O2. The lowest BCUT2D eigenvalue weighted by molar-refractivity contribution is -0.133. The van der Waals surface area contributed by atoms with Crippen molar-refractivity contribution in [3.63, 3.8) is 0 Å². The number of carbonyl (C=O) groups excluding carboxylic acids is 1. The van der Waals surface area contributed by atoms with Gasteiger partial charge < -0.3 is 9.64 Å². The van der Waals surface area contributed by atoms with Crippen molar-refractivity contribution in [2.75, 3.05) is 38.2 Å². The summed E-state index contributed by atoms with van der Waals surface area (Å²) in [6.45, 7) is 3.36. The number of hydrogen-bond acceptors (Lipinski definition) is 7. The van der Waals surface area contributed by atoms with Crippen LogP contribution in [0.2, 0.25) is 5.15 Å². The van der Waals surface area contributed by atoms with Gasteiger partial charge in [-0.2, -0.15) is 9.97 Å². The Morgan fingerprint density at radius 3 is 2.79 bits per heavy atom. The summed E-state index contributed by atoms with van der Waals surface area (Å²) in [4.78, 5) is 28.2. The summed E-state index contributed by atoms with van der Waals surface area (Å²) in [6.07, 6.45) is 7.53. The smallest absolute Gasteiger partial charge is 0.318 e. The minimum absolute atomic E-state index is 0.0260. The lowest BCUT2D eigenvalue weighted by atomic mass is 9.63. The summed E-state index contributed by atoms with van der Waals surface area (Å²) in [5, 5.41) is 0.273. The molecule has 0 amide bonds. The molecule has 0 N–H and O–H groups in total. The predicted octanol–water partition coefficient (Wildman–Crippen LogP) is 3.97. The second kappa shape index (κ2) is 8.91. The van der Waals surface area contributed by atoms with E-state index in [4.69, 9.17) is 16.3 Å². The maximum absolute atomic E-state index is 14.3. The van der Waals surface area contributed by atoms with Crippen LogP contribution < -0.4 is 9.64 Å². The number of methoxy groups -OCH3 is 1. The maximum atomic E-state index is 14.3. The Balaban J connectivity index is 0.000000211. The number of nitrogens with zero attached hydrogens (tertiary/aromatic N) is 5. The van der Waals surface area contributed by atoms with E-state index in [1.165, 1.54) is 26.1 Å².